The van der Waals surface area contributed by atoms with Crippen LogP contribution in [0.4, 0.5) is 4.39 Å². The summed E-state index contributed by atoms with van der Waals surface area (Å²) in [6, 6.07) is 0. The fourth-order valence-corrected chi connectivity index (χ4v) is 2.63. The lowest BCUT2D eigenvalue weighted by atomic mass is 10.1. The maximum atomic E-state index is 14.6. The summed E-state index contributed by atoms with van der Waals surface area (Å²) < 4.78 is 34.7. The average Bonchev–Trinajstić information content (AvgIpc) is 2.70. The van der Waals surface area contributed by atoms with E-state index < -0.39 is 44.3 Å². The molecule has 0 spiro atoms. The number of aromatic nitrogens is 2. The lowest BCUT2D eigenvalue weighted by molar-refractivity contribution is -0.204. The fraction of sp³-hybridized carbons (Fsp3) is 0.455. The van der Waals surface area contributed by atoms with Crippen molar-refractivity contribution in [2.45, 2.75) is 24.3 Å². The third-order valence-electron chi connectivity index (χ3n) is 3.20. The molecule has 0 aromatic carbocycles. The molecule has 0 radical (unpaired) electrons. The van der Waals surface area contributed by atoms with Gasteiger partial charge in [-0.1, -0.05) is 5.92 Å². The van der Waals surface area contributed by atoms with Gasteiger partial charge in [0.15, 0.2) is 11.0 Å². The number of aliphatic hydroxyl groups excluding tert-OH is 2. The van der Waals surface area contributed by atoms with Crippen molar-refractivity contribution < 1.29 is 38.2 Å². The Morgan fingerprint density at radius 3 is 2.75 bits per heavy atom. The summed E-state index contributed by atoms with van der Waals surface area (Å²) in [5, 5.41) is 19.7. The number of hydrogen-bond acceptors (Lipinski definition) is 7. The highest BCUT2D eigenvalue weighted by molar-refractivity contribution is 7.71. The van der Waals surface area contributed by atoms with Gasteiger partial charge in [0.25, 0.3) is 11.4 Å². The standard InChI is InChI=1S/C11H12FN2O8PS/c1-2-5-3-14(10(24)13-8(5)17)9-6(15)7(16)11(12,22-9)4-21-23(18,19)20/h1,3,6-7,9,15-16H,4H2,(H,13,17,24)(H2,18,19,20)/t6-,7+,9-,11-/m1/s1. The smallest absolute Gasteiger partial charge is 0.385 e. The molecule has 0 amide bonds. The molecule has 2 heterocycles. The second-order valence-corrected chi connectivity index (χ2v) is 6.47. The second-order valence-electron chi connectivity index (χ2n) is 4.85. The monoisotopic (exact) mass is 382 g/mol. The first kappa shape index (κ1) is 18.9. The highest BCUT2D eigenvalue weighted by atomic mass is 32.1. The van der Waals surface area contributed by atoms with Gasteiger partial charge in [0.05, 0.1) is 0 Å². The average molecular weight is 382 g/mol. The predicted molar refractivity (Wildman–Crippen MR) is 77.8 cm³/mol. The molecule has 24 heavy (non-hydrogen) atoms. The summed E-state index contributed by atoms with van der Waals surface area (Å²) in [6.07, 6.45) is 0.415. The van der Waals surface area contributed by atoms with E-state index in [0.29, 0.717) is 0 Å². The SMILES string of the molecule is C#Cc1cn([C@@H]2O[C@](F)(COP(=O)(O)O)[C@@H](O)[C@H]2O)c(=S)[nH]c1=O. The minimum absolute atomic E-state index is 0.197. The zero-order valence-corrected chi connectivity index (χ0v) is 13.4. The number of hydrogen-bond donors (Lipinski definition) is 5. The molecule has 0 unspecified atom stereocenters. The number of H-pyrrole nitrogens is 1. The zero-order valence-electron chi connectivity index (χ0n) is 11.7. The van der Waals surface area contributed by atoms with Gasteiger partial charge in [-0.05, 0) is 12.2 Å². The molecule has 1 aromatic rings. The topological polar surface area (TPSA) is 154 Å². The number of nitrogens with zero attached hydrogens (tertiary/aromatic N) is 1. The van der Waals surface area contributed by atoms with Gasteiger partial charge in [0.1, 0.15) is 24.4 Å². The van der Waals surface area contributed by atoms with E-state index in [1.165, 1.54) is 0 Å². The number of aromatic amines is 1. The number of terminal acetylenes is 1. The van der Waals surface area contributed by atoms with E-state index in [1.54, 1.807) is 0 Å². The highest BCUT2D eigenvalue weighted by Gasteiger charge is 2.57. The largest absolute Gasteiger partial charge is 0.469 e. The van der Waals surface area contributed by atoms with E-state index in [9.17, 15) is 24.0 Å². The second kappa shape index (κ2) is 6.47. The molecule has 132 valence electrons. The van der Waals surface area contributed by atoms with Crippen LogP contribution in [0, 0.1) is 17.1 Å². The quantitative estimate of drug-likeness (QED) is 0.248. The molecular formula is C11H12FN2O8PS. The molecule has 0 saturated carbocycles. The Kier molecular flexibility index (Phi) is 5.10. The molecule has 1 aromatic heterocycles. The van der Waals surface area contributed by atoms with E-state index in [-0.39, 0.29) is 10.3 Å². The van der Waals surface area contributed by atoms with Crippen LogP contribution < -0.4 is 5.56 Å². The van der Waals surface area contributed by atoms with E-state index in [0.717, 1.165) is 10.8 Å². The molecule has 2 rings (SSSR count). The third kappa shape index (κ3) is 3.64. The van der Waals surface area contributed by atoms with Gasteiger partial charge < -0.3 is 24.7 Å². The predicted octanol–water partition coefficient (Wildman–Crippen LogP) is -1.09. The van der Waals surface area contributed by atoms with E-state index in [2.05, 4.69) is 9.51 Å². The van der Waals surface area contributed by atoms with Crippen molar-refractivity contribution in [3.8, 4) is 12.3 Å². The molecule has 0 bridgehead atoms. The number of rotatable bonds is 4. The summed E-state index contributed by atoms with van der Waals surface area (Å²) in [5.74, 6) is -1.09. The van der Waals surface area contributed by atoms with Crippen LogP contribution in [0.25, 0.3) is 0 Å². The number of ether oxygens (including phenoxy) is 1. The van der Waals surface area contributed by atoms with Crippen molar-refractivity contribution in [2.24, 2.45) is 0 Å². The summed E-state index contributed by atoms with van der Waals surface area (Å²) >= 11 is 4.86. The lowest BCUT2D eigenvalue weighted by Gasteiger charge is -2.23. The number of aliphatic hydroxyl groups is 2. The van der Waals surface area contributed by atoms with E-state index in [1.807, 2.05) is 5.92 Å². The Morgan fingerprint density at radius 2 is 2.21 bits per heavy atom. The van der Waals surface area contributed by atoms with E-state index >= 15 is 0 Å². The van der Waals surface area contributed by atoms with Crippen LogP contribution >= 0.6 is 20.0 Å². The highest BCUT2D eigenvalue weighted by Crippen LogP contribution is 2.43. The minimum Gasteiger partial charge on any atom is -0.385 e. The molecule has 5 N–H and O–H groups in total. The van der Waals surface area contributed by atoms with Gasteiger partial charge in [0.2, 0.25) is 0 Å². The van der Waals surface area contributed by atoms with Crippen molar-refractivity contribution in [3.05, 3.63) is 26.9 Å². The number of nitrogens with one attached hydrogen (secondary N) is 1. The molecule has 10 nitrogen and oxygen atoms in total. The van der Waals surface area contributed by atoms with Crippen LogP contribution in [0.2, 0.25) is 0 Å². The summed E-state index contributed by atoms with van der Waals surface area (Å²) in [6.45, 7) is -1.36. The first-order chi connectivity index (χ1) is 11.0. The number of phosphoric acid groups is 1. The first-order valence-corrected chi connectivity index (χ1v) is 8.17. The third-order valence-corrected chi connectivity index (χ3v) is 3.98. The number of phosphoric ester groups is 1. The minimum atomic E-state index is -5.04. The van der Waals surface area contributed by atoms with E-state index in [4.69, 9.17) is 33.2 Å². The molecule has 1 saturated heterocycles. The Labute approximate surface area is 138 Å². The molecule has 1 fully saturated rings. The van der Waals surface area contributed by atoms with Gasteiger partial charge in [-0.15, -0.1) is 6.42 Å². The molecule has 4 atom stereocenters. The summed E-state index contributed by atoms with van der Waals surface area (Å²) in [7, 11) is -5.04. The van der Waals surface area contributed by atoms with Gasteiger partial charge in [-0.3, -0.25) is 18.9 Å². The van der Waals surface area contributed by atoms with Crippen LogP contribution in [-0.2, 0) is 13.8 Å². The fourth-order valence-electron chi connectivity index (χ4n) is 2.04. The number of alkyl halides is 1. The van der Waals surface area contributed by atoms with Gasteiger partial charge >= 0.3 is 7.82 Å². The van der Waals surface area contributed by atoms with Gasteiger partial charge in [-0.25, -0.2) is 8.96 Å². The summed E-state index contributed by atoms with van der Waals surface area (Å²) in [5.41, 5.74) is -0.889. The van der Waals surface area contributed by atoms with Crippen molar-refractivity contribution in [1.82, 2.24) is 9.55 Å². The Bertz CT molecular complexity index is 844. The van der Waals surface area contributed by atoms with Gasteiger partial charge in [0, 0.05) is 6.20 Å². The van der Waals surface area contributed by atoms with Gasteiger partial charge in [-0.2, -0.15) is 0 Å². The first-order valence-electron chi connectivity index (χ1n) is 6.23. The number of halogens is 1. The zero-order chi connectivity index (χ0) is 18.3. The lowest BCUT2D eigenvalue weighted by Crippen LogP contribution is -2.42. The molecule has 1 aliphatic heterocycles. The van der Waals surface area contributed by atoms with Crippen molar-refractivity contribution in [2.75, 3.05) is 6.61 Å². The summed E-state index contributed by atoms with van der Waals surface area (Å²) in [4.78, 5) is 30.9. The van der Waals surface area contributed by atoms with Crippen LogP contribution in [0.15, 0.2) is 11.0 Å². The molecule has 13 heteroatoms. The van der Waals surface area contributed by atoms with Crippen LogP contribution in [-0.4, -0.2) is 54.2 Å². The molecular weight excluding hydrogens is 370 g/mol. The van der Waals surface area contributed by atoms with Crippen LogP contribution in [0.3, 0.4) is 0 Å². The van der Waals surface area contributed by atoms with Crippen LogP contribution in [0.5, 0.6) is 0 Å². The van der Waals surface area contributed by atoms with Crippen molar-refractivity contribution in [1.29, 1.82) is 0 Å². The maximum absolute atomic E-state index is 14.6. The molecule has 0 aliphatic carbocycles. The Hall–Kier alpha value is -1.42. The molecule has 1 aliphatic rings. The van der Waals surface area contributed by atoms with Crippen molar-refractivity contribution >= 4 is 20.0 Å². The van der Waals surface area contributed by atoms with Crippen molar-refractivity contribution in [3.63, 3.8) is 0 Å². The van der Waals surface area contributed by atoms with Crippen LogP contribution in [0.1, 0.15) is 11.8 Å². The Morgan fingerprint density at radius 1 is 1.58 bits per heavy atom. The maximum Gasteiger partial charge on any atom is 0.469 e. The Balaban J connectivity index is 2.37. The normalized spacial score (nSPS) is 30.2.